The van der Waals surface area contributed by atoms with Gasteiger partial charge in [-0.3, -0.25) is 14.4 Å². The molecule has 28 heavy (non-hydrogen) atoms. The Morgan fingerprint density at radius 2 is 1.54 bits per heavy atom. The molecule has 142 valence electrons. The summed E-state index contributed by atoms with van der Waals surface area (Å²) in [5.41, 5.74) is 1.10. The molecule has 7 nitrogen and oxygen atoms in total. The summed E-state index contributed by atoms with van der Waals surface area (Å²) in [6, 6.07) is 9.46. The Morgan fingerprint density at radius 3 is 2.11 bits per heavy atom. The summed E-state index contributed by atoms with van der Waals surface area (Å²) in [7, 11) is 2.76. The third kappa shape index (κ3) is 2.55. The predicted molar refractivity (Wildman–Crippen MR) is 96.8 cm³/mol. The van der Waals surface area contributed by atoms with Crippen LogP contribution in [0.15, 0.2) is 47.7 Å². The number of carbonyl (C=O) groups is 3. The number of fused-ring (bicyclic) bond motifs is 1. The molecule has 0 saturated heterocycles. The van der Waals surface area contributed by atoms with Crippen LogP contribution in [0.5, 0.6) is 17.2 Å². The Kier molecular flexibility index (Phi) is 4.15. The van der Waals surface area contributed by atoms with E-state index in [1.165, 1.54) is 32.4 Å². The minimum atomic E-state index is -0.732. The maximum Gasteiger partial charge on any atom is 0.312 e. The van der Waals surface area contributed by atoms with Crippen molar-refractivity contribution < 1.29 is 33.7 Å². The van der Waals surface area contributed by atoms with E-state index in [-0.39, 0.29) is 51.9 Å². The Balaban J connectivity index is 1.92. The van der Waals surface area contributed by atoms with Crippen molar-refractivity contribution in [3.05, 3.63) is 64.4 Å². The standard InChI is InChI=1S/C21H16O7/c1-26-14-7-10(8-15(27-2)20(14)25)13-9-16(22)28-21-17(13)18(23)11-5-3-4-6-12(11)19(21)24/h3-8,13,25H,9H2,1-2H3/t13-/m0/s1. The van der Waals surface area contributed by atoms with Gasteiger partial charge in [0.15, 0.2) is 23.0 Å². The molecule has 2 aliphatic rings. The number of benzene rings is 2. The van der Waals surface area contributed by atoms with Crippen LogP contribution < -0.4 is 9.47 Å². The number of Topliss-reactive ketones (excluding diaryl/α,β-unsaturated/α-hetero) is 2. The fourth-order valence-electron chi connectivity index (χ4n) is 3.61. The fraction of sp³-hybridized carbons (Fsp3) is 0.190. The molecule has 0 radical (unpaired) electrons. The molecule has 0 amide bonds. The minimum Gasteiger partial charge on any atom is -0.502 e. The predicted octanol–water partition coefficient (Wildman–Crippen LogP) is 2.77. The summed E-state index contributed by atoms with van der Waals surface area (Å²) in [5, 5.41) is 10.1. The smallest absolute Gasteiger partial charge is 0.312 e. The molecule has 1 heterocycles. The molecule has 1 atom stereocenters. The zero-order chi connectivity index (χ0) is 20.0. The van der Waals surface area contributed by atoms with Crippen LogP contribution >= 0.6 is 0 Å². The molecular formula is C21H16O7. The highest BCUT2D eigenvalue weighted by Crippen LogP contribution is 2.45. The van der Waals surface area contributed by atoms with Gasteiger partial charge in [0.2, 0.25) is 11.5 Å². The van der Waals surface area contributed by atoms with Gasteiger partial charge in [0.25, 0.3) is 0 Å². The number of allylic oxidation sites excluding steroid dienone is 2. The van der Waals surface area contributed by atoms with E-state index < -0.39 is 17.7 Å². The van der Waals surface area contributed by atoms with Gasteiger partial charge in [-0.15, -0.1) is 0 Å². The first-order chi connectivity index (χ1) is 13.5. The van der Waals surface area contributed by atoms with Crippen LogP contribution in [0.1, 0.15) is 38.6 Å². The molecule has 4 rings (SSSR count). The Bertz CT molecular complexity index is 1040. The van der Waals surface area contributed by atoms with Gasteiger partial charge in [-0.05, 0) is 17.7 Å². The van der Waals surface area contributed by atoms with Crippen molar-refractivity contribution >= 4 is 17.5 Å². The van der Waals surface area contributed by atoms with E-state index in [0.29, 0.717) is 5.56 Å². The van der Waals surface area contributed by atoms with E-state index in [4.69, 9.17) is 14.2 Å². The Labute approximate surface area is 160 Å². The van der Waals surface area contributed by atoms with Crippen molar-refractivity contribution in [1.82, 2.24) is 0 Å². The fourth-order valence-corrected chi connectivity index (χ4v) is 3.61. The van der Waals surface area contributed by atoms with E-state index in [1.807, 2.05) is 0 Å². The van der Waals surface area contributed by atoms with Crippen LogP contribution in [0, 0.1) is 0 Å². The third-order valence-electron chi connectivity index (χ3n) is 4.95. The SMILES string of the molecule is COc1cc([C@@H]2CC(=O)OC3=C2C(=O)c2ccccc2C3=O)cc(OC)c1O. The highest BCUT2D eigenvalue weighted by Gasteiger charge is 2.43. The van der Waals surface area contributed by atoms with Crippen molar-refractivity contribution in [1.29, 1.82) is 0 Å². The van der Waals surface area contributed by atoms with E-state index >= 15 is 0 Å². The summed E-state index contributed by atoms with van der Waals surface area (Å²) in [6.45, 7) is 0. The van der Waals surface area contributed by atoms with Crippen LogP contribution in [0.2, 0.25) is 0 Å². The van der Waals surface area contributed by atoms with Crippen LogP contribution in [0.25, 0.3) is 0 Å². The topological polar surface area (TPSA) is 99.1 Å². The largest absolute Gasteiger partial charge is 0.502 e. The quantitative estimate of drug-likeness (QED) is 0.818. The summed E-state index contributed by atoms with van der Waals surface area (Å²) in [6.07, 6.45) is -0.128. The summed E-state index contributed by atoms with van der Waals surface area (Å²) >= 11 is 0. The number of phenolic OH excluding ortho intramolecular Hbond substituents is 1. The molecule has 0 aromatic heterocycles. The lowest BCUT2D eigenvalue weighted by Gasteiger charge is -2.30. The number of phenols is 1. The van der Waals surface area contributed by atoms with Crippen molar-refractivity contribution in [3.63, 3.8) is 0 Å². The molecular weight excluding hydrogens is 364 g/mol. The van der Waals surface area contributed by atoms with Crippen LogP contribution in [0.4, 0.5) is 0 Å². The molecule has 7 heteroatoms. The number of ether oxygens (including phenoxy) is 3. The minimum absolute atomic E-state index is 0.123. The second-order valence-corrected chi connectivity index (χ2v) is 6.45. The monoisotopic (exact) mass is 380 g/mol. The number of hydrogen-bond donors (Lipinski definition) is 1. The molecule has 2 aromatic rings. The van der Waals surface area contributed by atoms with Crippen LogP contribution in [-0.4, -0.2) is 36.9 Å². The van der Waals surface area contributed by atoms with Gasteiger partial charge in [-0.1, -0.05) is 24.3 Å². The molecule has 0 bridgehead atoms. The first kappa shape index (κ1) is 17.8. The summed E-state index contributed by atoms with van der Waals surface area (Å²) < 4.78 is 15.5. The van der Waals surface area contributed by atoms with Gasteiger partial charge < -0.3 is 19.3 Å². The first-order valence-corrected chi connectivity index (χ1v) is 8.54. The lowest BCUT2D eigenvalue weighted by molar-refractivity contribution is -0.140. The number of hydrogen-bond acceptors (Lipinski definition) is 7. The molecule has 0 spiro atoms. The second kappa shape index (κ2) is 6.53. The van der Waals surface area contributed by atoms with Gasteiger partial charge in [-0.2, -0.15) is 0 Å². The lowest BCUT2D eigenvalue weighted by atomic mass is 9.77. The lowest BCUT2D eigenvalue weighted by Crippen LogP contribution is -2.32. The van der Waals surface area contributed by atoms with Crippen molar-refractivity contribution in [2.45, 2.75) is 12.3 Å². The van der Waals surface area contributed by atoms with Crippen LogP contribution in [0.3, 0.4) is 0 Å². The van der Waals surface area contributed by atoms with Crippen LogP contribution in [-0.2, 0) is 9.53 Å². The highest BCUT2D eigenvalue weighted by atomic mass is 16.5. The molecule has 1 aliphatic heterocycles. The van der Waals surface area contributed by atoms with E-state index in [0.717, 1.165) is 0 Å². The van der Waals surface area contributed by atoms with Gasteiger partial charge in [0.1, 0.15) is 0 Å². The third-order valence-corrected chi connectivity index (χ3v) is 4.95. The average Bonchev–Trinajstić information content (AvgIpc) is 2.71. The zero-order valence-electron chi connectivity index (χ0n) is 15.1. The van der Waals surface area contributed by atoms with Gasteiger partial charge >= 0.3 is 5.97 Å². The molecule has 0 fully saturated rings. The Morgan fingerprint density at radius 1 is 0.964 bits per heavy atom. The van der Waals surface area contributed by atoms with Crippen molar-refractivity contribution in [3.8, 4) is 17.2 Å². The number of ketones is 2. The number of carbonyl (C=O) groups excluding carboxylic acids is 3. The molecule has 2 aromatic carbocycles. The molecule has 0 saturated carbocycles. The maximum atomic E-state index is 13.1. The van der Waals surface area contributed by atoms with Crippen molar-refractivity contribution in [2.24, 2.45) is 0 Å². The normalized spacial score (nSPS) is 18.4. The summed E-state index contributed by atoms with van der Waals surface area (Å²) in [4.78, 5) is 38.2. The van der Waals surface area contributed by atoms with E-state index in [9.17, 15) is 19.5 Å². The zero-order valence-corrected chi connectivity index (χ0v) is 15.1. The van der Waals surface area contributed by atoms with E-state index in [1.54, 1.807) is 18.2 Å². The molecule has 1 N–H and O–H groups in total. The Hall–Kier alpha value is -3.61. The highest BCUT2D eigenvalue weighted by molar-refractivity contribution is 6.27. The van der Waals surface area contributed by atoms with Gasteiger partial charge in [0, 0.05) is 17.0 Å². The maximum absolute atomic E-state index is 13.1. The van der Waals surface area contributed by atoms with Crippen molar-refractivity contribution in [2.75, 3.05) is 14.2 Å². The molecule has 0 unspecified atom stereocenters. The van der Waals surface area contributed by atoms with Gasteiger partial charge in [-0.25, -0.2) is 0 Å². The van der Waals surface area contributed by atoms with E-state index in [2.05, 4.69) is 0 Å². The first-order valence-electron chi connectivity index (χ1n) is 8.54. The molecule has 1 aliphatic carbocycles. The number of esters is 1. The number of methoxy groups -OCH3 is 2. The summed E-state index contributed by atoms with van der Waals surface area (Å²) in [5.74, 6) is -2.39. The van der Waals surface area contributed by atoms with Gasteiger partial charge in [0.05, 0.1) is 26.2 Å². The number of aromatic hydroxyl groups is 1. The number of rotatable bonds is 3. The second-order valence-electron chi connectivity index (χ2n) is 6.45. The average molecular weight is 380 g/mol.